The predicted octanol–water partition coefficient (Wildman–Crippen LogP) is 4.62. The molecule has 0 saturated heterocycles. The summed E-state index contributed by atoms with van der Waals surface area (Å²) in [4.78, 5) is 27.5. The number of aromatic nitrogens is 4. The van der Waals surface area contributed by atoms with Crippen molar-refractivity contribution in [3.05, 3.63) is 53.4 Å². The molecule has 0 saturated carbocycles. The van der Waals surface area contributed by atoms with E-state index < -0.39 is 0 Å². The van der Waals surface area contributed by atoms with Gasteiger partial charge in [-0.3, -0.25) is 4.79 Å². The van der Waals surface area contributed by atoms with Gasteiger partial charge in [0.05, 0.1) is 21.3 Å². The van der Waals surface area contributed by atoms with Gasteiger partial charge in [-0.05, 0) is 44.5 Å². The molecule has 0 aliphatic rings. The molecule has 1 aromatic carbocycles. The summed E-state index contributed by atoms with van der Waals surface area (Å²) in [6.07, 6.45) is 3.17. The van der Waals surface area contributed by atoms with E-state index in [1.54, 1.807) is 27.2 Å². The van der Waals surface area contributed by atoms with Crippen molar-refractivity contribution in [3.63, 3.8) is 0 Å². The van der Waals surface area contributed by atoms with Crippen LogP contribution in [-0.4, -0.2) is 50.7 Å². The van der Waals surface area contributed by atoms with E-state index >= 15 is 0 Å². The zero-order valence-electron chi connectivity index (χ0n) is 17.4. The Morgan fingerprint density at radius 3 is 2.50 bits per heavy atom. The summed E-state index contributed by atoms with van der Waals surface area (Å²) in [6.45, 7) is 8.15. The average molecular weight is 441 g/mol. The van der Waals surface area contributed by atoms with Gasteiger partial charge in [-0.2, -0.15) is 5.10 Å². The SMILES string of the molecule is CCN(CC)c1nc2sc(C(=O)N(C)C(C)c3ccc(-n4cncn4)cc3)cc2s1. The highest BCUT2D eigenvalue weighted by Gasteiger charge is 2.22. The fourth-order valence-corrected chi connectivity index (χ4v) is 5.60. The molecule has 30 heavy (non-hydrogen) atoms. The van der Waals surface area contributed by atoms with Crippen LogP contribution in [-0.2, 0) is 0 Å². The number of hydrogen-bond donors (Lipinski definition) is 0. The molecule has 0 radical (unpaired) electrons. The highest BCUT2D eigenvalue weighted by molar-refractivity contribution is 7.29. The van der Waals surface area contributed by atoms with E-state index in [0.29, 0.717) is 0 Å². The van der Waals surface area contributed by atoms with Gasteiger partial charge in [-0.25, -0.2) is 14.6 Å². The largest absolute Gasteiger partial charge is 0.349 e. The predicted molar refractivity (Wildman–Crippen MR) is 123 cm³/mol. The third-order valence-electron chi connectivity index (χ3n) is 5.28. The van der Waals surface area contributed by atoms with Crippen molar-refractivity contribution >= 4 is 43.2 Å². The van der Waals surface area contributed by atoms with E-state index in [1.807, 2.05) is 44.3 Å². The molecule has 1 unspecified atom stereocenters. The van der Waals surface area contributed by atoms with Gasteiger partial charge >= 0.3 is 0 Å². The summed E-state index contributed by atoms with van der Waals surface area (Å²) in [5, 5.41) is 5.16. The number of benzene rings is 1. The molecular formula is C21H24N6OS2. The lowest BCUT2D eigenvalue weighted by Gasteiger charge is -2.25. The van der Waals surface area contributed by atoms with Gasteiger partial charge in [0.2, 0.25) is 0 Å². The normalized spacial score (nSPS) is 12.3. The second kappa shape index (κ2) is 8.53. The number of anilines is 1. The molecule has 1 amide bonds. The number of carbonyl (C=O) groups is 1. The lowest BCUT2D eigenvalue weighted by Crippen LogP contribution is -2.29. The first kappa shape index (κ1) is 20.5. The third kappa shape index (κ3) is 3.82. The number of thiazole rings is 1. The Hall–Kier alpha value is -2.78. The van der Waals surface area contributed by atoms with E-state index in [0.717, 1.165) is 43.9 Å². The van der Waals surface area contributed by atoms with Crippen LogP contribution in [0.1, 0.15) is 42.0 Å². The molecule has 7 nitrogen and oxygen atoms in total. The first-order valence-electron chi connectivity index (χ1n) is 9.89. The van der Waals surface area contributed by atoms with Crippen LogP contribution in [0.3, 0.4) is 0 Å². The molecule has 1 atom stereocenters. The Labute approximate surface area is 183 Å². The summed E-state index contributed by atoms with van der Waals surface area (Å²) >= 11 is 3.12. The van der Waals surface area contributed by atoms with Crippen molar-refractivity contribution in [2.24, 2.45) is 0 Å². The molecule has 156 valence electrons. The maximum Gasteiger partial charge on any atom is 0.264 e. The lowest BCUT2D eigenvalue weighted by molar-refractivity contribution is 0.0747. The summed E-state index contributed by atoms with van der Waals surface area (Å²) in [7, 11) is 1.85. The van der Waals surface area contributed by atoms with E-state index in [2.05, 4.69) is 28.8 Å². The maximum atomic E-state index is 13.1. The van der Waals surface area contributed by atoms with Gasteiger partial charge < -0.3 is 9.80 Å². The fourth-order valence-electron chi connectivity index (χ4n) is 3.28. The Morgan fingerprint density at radius 2 is 1.90 bits per heavy atom. The average Bonchev–Trinajstić information content (AvgIpc) is 3.50. The smallest absolute Gasteiger partial charge is 0.264 e. The molecule has 4 rings (SSSR count). The quantitative estimate of drug-likeness (QED) is 0.420. The highest BCUT2D eigenvalue weighted by Crippen LogP contribution is 2.35. The van der Waals surface area contributed by atoms with Crippen LogP contribution in [0.2, 0.25) is 0 Å². The molecule has 4 aromatic rings. The van der Waals surface area contributed by atoms with E-state index in [1.165, 1.54) is 17.7 Å². The number of thiophene rings is 1. The van der Waals surface area contributed by atoms with Crippen LogP contribution in [0.4, 0.5) is 5.13 Å². The summed E-state index contributed by atoms with van der Waals surface area (Å²) < 4.78 is 2.78. The van der Waals surface area contributed by atoms with Crippen molar-refractivity contribution in [2.45, 2.75) is 26.8 Å². The number of rotatable bonds is 7. The van der Waals surface area contributed by atoms with E-state index in [-0.39, 0.29) is 11.9 Å². The molecule has 0 spiro atoms. The molecule has 0 N–H and O–H groups in total. The van der Waals surface area contributed by atoms with E-state index in [9.17, 15) is 4.79 Å². The summed E-state index contributed by atoms with van der Waals surface area (Å²) in [5.41, 5.74) is 2.00. The van der Waals surface area contributed by atoms with Gasteiger partial charge in [0.15, 0.2) is 5.13 Å². The molecule has 0 bridgehead atoms. The highest BCUT2D eigenvalue weighted by atomic mass is 32.1. The molecular weight excluding hydrogens is 416 g/mol. The number of amides is 1. The van der Waals surface area contributed by atoms with Gasteiger partial charge in [0.1, 0.15) is 17.5 Å². The molecule has 3 heterocycles. The van der Waals surface area contributed by atoms with Crippen molar-refractivity contribution in [1.29, 1.82) is 0 Å². The second-order valence-corrected chi connectivity index (χ2v) is 9.01. The van der Waals surface area contributed by atoms with Gasteiger partial charge in [-0.1, -0.05) is 23.5 Å². The molecule has 0 aliphatic carbocycles. The standard InChI is InChI=1S/C21H24N6OS2/c1-5-26(6-2)21-24-19-17(30-21)11-18(29-19)20(28)25(4)14(3)15-7-9-16(10-8-15)27-13-22-12-23-27/h7-14H,5-6H2,1-4H3. The monoisotopic (exact) mass is 440 g/mol. The molecule has 9 heteroatoms. The van der Waals surface area contributed by atoms with Crippen molar-refractivity contribution in [2.75, 3.05) is 25.0 Å². The third-order valence-corrected chi connectivity index (χ3v) is 7.49. The fraction of sp³-hybridized carbons (Fsp3) is 0.333. The van der Waals surface area contributed by atoms with Crippen LogP contribution in [0.5, 0.6) is 0 Å². The number of fused-ring (bicyclic) bond motifs is 1. The van der Waals surface area contributed by atoms with Crippen LogP contribution in [0.15, 0.2) is 43.0 Å². The minimum Gasteiger partial charge on any atom is -0.349 e. The van der Waals surface area contributed by atoms with Crippen molar-refractivity contribution in [1.82, 2.24) is 24.6 Å². The zero-order valence-corrected chi connectivity index (χ0v) is 19.1. The second-order valence-electron chi connectivity index (χ2n) is 6.97. The minimum atomic E-state index is -0.0540. The molecule has 3 aromatic heterocycles. The summed E-state index contributed by atoms with van der Waals surface area (Å²) in [5.74, 6) is 0.0161. The first-order chi connectivity index (χ1) is 14.5. The topological polar surface area (TPSA) is 67.2 Å². The Bertz CT molecular complexity index is 1100. The van der Waals surface area contributed by atoms with Crippen LogP contribution < -0.4 is 4.90 Å². The Morgan fingerprint density at radius 1 is 1.17 bits per heavy atom. The number of nitrogens with zero attached hydrogens (tertiary/aromatic N) is 6. The van der Waals surface area contributed by atoms with Crippen LogP contribution in [0, 0.1) is 0 Å². The van der Waals surface area contributed by atoms with Crippen molar-refractivity contribution in [3.8, 4) is 5.69 Å². The molecule has 0 aliphatic heterocycles. The number of carbonyl (C=O) groups excluding carboxylic acids is 1. The minimum absolute atomic E-state index is 0.0161. The number of hydrogen-bond acceptors (Lipinski definition) is 7. The molecule has 0 fully saturated rings. The summed E-state index contributed by atoms with van der Waals surface area (Å²) in [6, 6.07) is 9.94. The van der Waals surface area contributed by atoms with Crippen LogP contribution >= 0.6 is 22.7 Å². The van der Waals surface area contributed by atoms with Crippen molar-refractivity contribution < 1.29 is 4.79 Å². The Kier molecular flexibility index (Phi) is 5.83. The Balaban J connectivity index is 1.50. The maximum absolute atomic E-state index is 13.1. The van der Waals surface area contributed by atoms with Crippen LogP contribution in [0.25, 0.3) is 15.2 Å². The van der Waals surface area contributed by atoms with Gasteiger partial charge in [-0.15, -0.1) is 11.3 Å². The van der Waals surface area contributed by atoms with E-state index in [4.69, 9.17) is 4.98 Å². The zero-order chi connectivity index (χ0) is 21.3. The lowest BCUT2D eigenvalue weighted by atomic mass is 10.1. The van der Waals surface area contributed by atoms with Gasteiger partial charge in [0, 0.05) is 20.1 Å². The first-order valence-corrected chi connectivity index (χ1v) is 11.5. The van der Waals surface area contributed by atoms with Gasteiger partial charge in [0.25, 0.3) is 5.91 Å².